The van der Waals surface area contributed by atoms with E-state index < -0.39 is 0 Å². The number of benzene rings is 1. The van der Waals surface area contributed by atoms with Gasteiger partial charge in [0, 0.05) is 30.0 Å². The van der Waals surface area contributed by atoms with E-state index in [4.69, 9.17) is 4.74 Å². The van der Waals surface area contributed by atoms with Crippen molar-refractivity contribution < 1.29 is 9.84 Å². The first-order valence-electron chi connectivity index (χ1n) is 6.94. The Morgan fingerprint density at radius 1 is 1.05 bits per heavy atom. The average molecular weight is 298 g/mol. The van der Waals surface area contributed by atoms with Gasteiger partial charge in [0.25, 0.3) is 11.1 Å². The standard InChI is InChI=1S/C16H14N2O4/c1-7-4-9(19)17(3)13-11(7)15(21)12-8(2)5-10(20)18-6-22-16(13)14(12)18/h4-5,21H,6H2,1-3H3. The predicted octanol–water partition coefficient (Wildman–Crippen LogP) is 1.53. The van der Waals surface area contributed by atoms with Crippen LogP contribution in [0.15, 0.2) is 21.7 Å². The largest absolute Gasteiger partial charge is 0.507 e. The molecule has 3 aromatic rings. The summed E-state index contributed by atoms with van der Waals surface area (Å²) in [7, 11) is 1.63. The molecule has 6 heteroatoms. The van der Waals surface area contributed by atoms with E-state index in [1.54, 1.807) is 20.9 Å². The Morgan fingerprint density at radius 3 is 2.32 bits per heavy atom. The van der Waals surface area contributed by atoms with Crippen LogP contribution in [0.2, 0.25) is 0 Å². The first-order valence-corrected chi connectivity index (χ1v) is 6.94. The Bertz CT molecular complexity index is 1110. The number of aromatic hydroxyl groups is 1. The van der Waals surface area contributed by atoms with Gasteiger partial charge in [0.2, 0.25) is 0 Å². The van der Waals surface area contributed by atoms with Crippen molar-refractivity contribution in [3.63, 3.8) is 0 Å². The molecule has 0 saturated carbocycles. The third kappa shape index (κ3) is 1.34. The van der Waals surface area contributed by atoms with E-state index in [1.165, 1.54) is 21.3 Å². The van der Waals surface area contributed by atoms with Crippen LogP contribution in [0, 0.1) is 13.8 Å². The minimum Gasteiger partial charge on any atom is -0.507 e. The Labute approximate surface area is 124 Å². The van der Waals surface area contributed by atoms with Crippen LogP contribution in [-0.4, -0.2) is 14.2 Å². The van der Waals surface area contributed by atoms with Gasteiger partial charge in [0.05, 0.1) is 5.52 Å². The van der Waals surface area contributed by atoms with Crippen LogP contribution in [0.1, 0.15) is 11.1 Å². The van der Waals surface area contributed by atoms with Gasteiger partial charge in [-0.15, -0.1) is 0 Å². The van der Waals surface area contributed by atoms with Crippen LogP contribution in [0.3, 0.4) is 0 Å². The lowest BCUT2D eigenvalue weighted by atomic mass is 10.0. The fraction of sp³-hybridized carbons (Fsp3) is 0.250. The number of fused-ring (bicyclic) bond motifs is 2. The number of nitrogens with zero attached hydrogens (tertiary/aromatic N) is 2. The lowest BCUT2D eigenvalue weighted by Gasteiger charge is -2.14. The van der Waals surface area contributed by atoms with Crippen LogP contribution in [-0.2, 0) is 13.8 Å². The number of hydrogen-bond acceptors (Lipinski definition) is 4. The monoisotopic (exact) mass is 298 g/mol. The van der Waals surface area contributed by atoms with E-state index in [0.717, 1.165) is 0 Å². The van der Waals surface area contributed by atoms with Crippen molar-refractivity contribution in [1.82, 2.24) is 9.13 Å². The van der Waals surface area contributed by atoms with Gasteiger partial charge in [0.1, 0.15) is 11.3 Å². The van der Waals surface area contributed by atoms with Gasteiger partial charge in [-0.05, 0) is 25.0 Å². The summed E-state index contributed by atoms with van der Waals surface area (Å²) in [5, 5.41) is 12.0. The van der Waals surface area contributed by atoms with Crippen molar-refractivity contribution in [2.45, 2.75) is 20.6 Å². The number of phenolic OH excluding ortho intramolecular Hbond substituents is 1. The third-order valence-electron chi connectivity index (χ3n) is 4.39. The Hall–Kier alpha value is -2.76. The van der Waals surface area contributed by atoms with E-state index in [0.29, 0.717) is 38.7 Å². The molecule has 0 fully saturated rings. The summed E-state index contributed by atoms with van der Waals surface area (Å²) in [6.45, 7) is 3.65. The SMILES string of the molecule is Cc1cc(=O)n(C)c2c3c4c(c(C)cc(=O)n4CO3)c(O)c12. The maximum absolute atomic E-state index is 12.1. The van der Waals surface area contributed by atoms with E-state index in [1.807, 2.05) is 0 Å². The molecule has 1 N–H and O–H groups in total. The predicted molar refractivity (Wildman–Crippen MR) is 82.7 cm³/mol. The summed E-state index contributed by atoms with van der Waals surface area (Å²) < 4.78 is 8.62. The number of hydrogen-bond donors (Lipinski definition) is 1. The number of phenols is 1. The number of aromatic nitrogens is 2. The second kappa shape index (κ2) is 3.91. The zero-order valence-corrected chi connectivity index (χ0v) is 12.4. The summed E-state index contributed by atoms with van der Waals surface area (Å²) in [5.74, 6) is 0.561. The molecule has 22 heavy (non-hydrogen) atoms. The van der Waals surface area contributed by atoms with Gasteiger partial charge in [-0.1, -0.05) is 0 Å². The number of ether oxygens (including phenoxy) is 1. The highest BCUT2D eigenvalue weighted by atomic mass is 16.5. The van der Waals surface area contributed by atoms with Crippen LogP contribution in [0.25, 0.3) is 21.8 Å². The fourth-order valence-electron chi connectivity index (χ4n) is 3.32. The fourth-order valence-corrected chi connectivity index (χ4v) is 3.32. The second-order valence-electron chi connectivity index (χ2n) is 5.72. The quantitative estimate of drug-likeness (QED) is 0.639. The first kappa shape index (κ1) is 12.9. The van der Waals surface area contributed by atoms with Gasteiger partial charge in [-0.3, -0.25) is 14.2 Å². The van der Waals surface area contributed by atoms with E-state index in [-0.39, 0.29) is 23.6 Å². The molecule has 3 heterocycles. The van der Waals surface area contributed by atoms with Crippen molar-refractivity contribution in [3.8, 4) is 11.5 Å². The maximum atomic E-state index is 12.1. The van der Waals surface area contributed by atoms with E-state index in [9.17, 15) is 14.7 Å². The molecule has 6 nitrogen and oxygen atoms in total. The summed E-state index contributed by atoms with van der Waals surface area (Å²) in [5.41, 5.74) is 2.08. The minimum absolute atomic E-state index is 0.0820. The average Bonchev–Trinajstić information content (AvgIpc) is 2.87. The number of aryl methyl sites for hydroxylation is 3. The van der Waals surface area contributed by atoms with Crippen molar-refractivity contribution >= 4 is 21.8 Å². The molecule has 4 rings (SSSR count). The normalized spacial score (nSPS) is 13.0. The first-order chi connectivity index (χ1) is 10.4. The minimum atomic E-state index is -0.183. The number of rotatable bonds is 0. The molecule has 0 spiro atoms. The Morgan fingerprint density at radius 2 is 1.64 bits per heavy atom. The van der Waals surface area contributed by atoms with Gasteiger partial charge in [-0.25, -0.2) is 0 Å². The molecule has 0 bridgehead atoms. The molecular weight excluding hydrogens is 284 g/mol. The highest BCUT2D eigenvalue weighted by Gasteiger charge is 2.27. The smallest absolute Gasteiger partial charge is 0.254 e. The summed E-state index contributed by atoms with van der Waals surface area (Å²) >= 11 is 0. The molecular formula is C16H14N2O4. The molecule has 0 saturated heterocycles. The zero-order chi connectivity index (χ0) is 15.8. The van der Waals surface area contributed by atoms with Gasteiger partial charge in [-0.2, -0.15) is 0 Å². The molecule has 0 unspecified atom stereocenters. The molecule has 1 aliphatic heterocycles. The highest BCUT2D eigenvalue weighted by molar-refractivity contribution is 6.10. The van der Waals surface area contributed by atoms with Gasteiger partial charge < -0.3 is 14.4 Å². The Kier molecular flexibility index (Phi) is 2.30. The van der Waals surface area contributed by atoms with Crippen LogP contribution >= 0.6 is 0 Å². The third-order valence-corrected chi connectivity index (χ3v) is 4.39. The van der Waals surface area contributed by atoms with Crippen molar-refractivity contribution in [3.05, 3.63) is 44.0 Å². The Balaban J connectivity index is 2.47. The molecule has 2 aromatic heterocycles. The maximum Gasteiger partial charge on any atom is 0.254 e. The number of pyridine rings is 2. The van der Waals surface area contributed by atoms with Crippen molar-refractivity contribution in [1.29, 1.82) is 0 Å². The van der Waals surface area contributed by atoms with Crippen molar-refractivity contribution in [2.24, 2.45) is 7.05 Å². The van der Waals surface area contributed by atoms with Crippen LogP contribution in [0.5, 0.6) is 11.5 Å². The molecule has 0 atom stereocenters. The summed E-state index contributed by atoms with van der Waals surface area (Å²) in [4.78, 5) is 24.2. The molecule has 0 radical (unpaired) electrons. The molecule has 112 valence electrons. The topological polar surface area (TPSA) is 73.5 Å². The lowest BCUT2D eigenvalue weighted by Crippen LogP contribution is -2.18. The molecule has 1 aliphatic rings. The van der Waals surface area contributed by atoms with Crippen LogP contribution in [0.4, 0.5) is 0 Å². The lowest BCUT2D eigenvalue weighted by molar-refractivity contribution is 0.268. The summed E-state index contributed by atoms with van der Waals surface area (Å²) in [6.07, 6.45) is 0. The van der Waals surface area contributed by atoms with Gasteiger partial charge in [0.15, 0.2) is 12.5 Å². The summed E-state index contributed by atoms with van der Waals surface area (Å²) in [6, 6.07) is 2.98. The van der Waals surface area contributed by atoms with E-state index in [2.05, 4.69) is 0 Å². The van der Waals surface area contributed by atoms with Gasteiger partial charge >= 0.3 is 0 Å². The zero-order valence-electron chi connectivity index (χ0n) is 12.4. The van der Waals surface area contributed by atoms with Crippen molar-refractivity contribution in [2.75, 3.05) is 0 Å². The molecule has 0 amide bonds. The molecule has 1 aromatic carbocycles. The second-order valence-corrected chi connectivity index (χ2v) is 5.72. The van der Waals surface area contributed by atoms with E-state index >= 15 is 0 Å². The molecule has 0 aliphatic carbocycles. The highest BCUT2D eigenvalue weighted by Crippen LogP contribution is 2.45. The van der Waals surface area contributed by atoms with Crippen LogP contribution < -0.4 is 15.9 Å².